The molecule has 0 radical (unpaired) electrons. The zero-order valence-electron chi connectivity index (χ0n) is 7.69. The molecule has 13 heavy (non-hydrogen) atoms. The maximum Gasteiger partial charge on any atom is 0.0530 e. The van der Waals surface area contributed by atoms with Crippen molar-refractivity contribution in [1.82, 2.24) is 0 Å². The first-order valence-electron chi connectivity index (χ1n) is 4.36. The van der Waals surface area contributed by atoms with Gasteiger partial charge in [0.2, 0.25) is 0 Å². The fraction of sp³-hybridized carbons (Fsp3) is 0.400. The van der Waals surface area contributed by atoms with E-state index in [4.69, 9.17) is 5.11 Å². The molecule has 0 aliphatic carbocycles. The second kappa shape index (κ2) is 6.35. The minimum atomic E-state index is 0.255. The lowest BCUT2D eigenvalue weighted by atomic mass is 10.2. The molecular weight excluding hydrogens is 200 g/mol. The quantitative estimate of drug-likeness (QED) is 0.601. The van der Waals surface area contributed by atoms with Crippen molar-refractivity contribution >= 4 is 21.6 Å². The van der Waals surface area contributed by atoms with E-state index in [1.165, 1.54) is 10.5 Å². The van der Waals surface area contributed by atoms with Crippen LogP contribution in [0.5, 0.6) is 0 Å². The van der Waals surface area contributed by atoms with Gasteiger partial charge in [0.05, 0.1) is 6.61 Å². The highest BCUT2D eigenvalue weighted by molar-refractivity contribution is 8.76. The molecule has 0 bridgehead atoms. The van der Waals surface area contributed by atoms with Crippen molar-refractivity contribution in [2.45, 2.75) is 18.2 Å². The average Bonchev–Trinajstić information content (AvgIpc) is 2.19. The predicted molar refractivity (Wildman–Crippen MR) is 61.2 cm³/mol. The Morgan fingerprint density at radius 1 is 1.23 bits per heavy atom. The summed E-state index contributed by atoms with van der Waals surface area (Å²) in [6.45, 7) is 2.41. The molecule has 0 heterocycles. The first-order valence-corrected chi connectivity index (χ1v) is 6.68. The van der Waals surface area contributed by atoms with Crippen molar-refractivity contribution in [3.63, 3.8) is 0 Å². The van der Waals surface area contributed by atoms with Gasteiger partial charge in [-0.05, 0) is 24.1 Å². The number of aryl methyl sites for hydroxylation is 1. The van der Waals surface area contributed by atoms with Crippen molar-refractivity contribution < 1.29 is 5.11 Å². The number of hydrogen-bond donors (Lipinski definition) is 1. The van der Waals surface area contributed by atoms with Crippen molar-refractivity contribution in [1.29, 1.82) is 0 Å². The van der Waals surface area contributed by atoms with Gasteiger partial charge < -0.3 is 5.11 Å². The fourth-order valence-corrected chi connectivity index (χ4v) is 2.68. The van der Waals surface area contributed by atoms with E-state index >= 15 is 0 Å². The highest BCUT2D eigenvalue weighted by Gasteiger charge is 1.94. The Hall–Kier alpha value is -0.120. The summed E-state index contributed by atoms with van der Waals surface area (Å²) in [6, 6.07) is 8.57. The Morgan fingerprint density at radius 2 is 1.92 bits per heavy atom. The number of benzene rings is 1. The highest BCUT2D eigenvalue weighted by Crippen LogP contribution is 2.30. The second-order valence-corrected chi connectivity index (χ2v) is 5.12. The van der Waals surface area contributed by atoms with E-state index in [0.717, 1.165) is 12.2 Å². The van der Waals surface area contributed by atoms with Crippen LogP contribution in [-0.2, 0) is 6.42 Å². The molecule has 72 valence electrons. The van der Waals surface area contributed by atoms with Crippen LogP contribution in [0.25, 0.3) is 0 Å². The number of aliphatic hydroxyl groups excluding tert-OH is 1. The van der Waals surface area contributed by atoms with E-state index in [0.29, 0.717) is 0 Å². The monoisotopic (exact) mass is 214 g/mol. The van der Waals surface area contributed by atoms with Crippen LogP contribution in [0.3, 0.4) is 0 Å². The van der Waals surface area contributed by atoms with Gasteiger partial charge in [-0.3, -0.25) is 0 Å². The zero-order chi connectivity index (χ0) is 9.52. The normalized spacial score (nSPS) is 10.3. The molecule has 0 aliphatic rings. The molecule has 1 aromatic rings. The largest absolute Gasteiger partial charge is 0.395 e. The van der Waals surface area contributed by atoms with E-state index < -0.39 is 0 Å². The molecule has 1 nitrogen and oxygen atoms in total. The van der Waals surface area contributed by atoms with Gasteiger partial charge in [0.15, 0.2) is 0 Å². The summed E-state index contributed by atoms with van der Waals surface area (Å²) in [6.07, 6.45) is 1.09. The number of rotatable bonds is 5. The summed E-state index contributed by atoms with van der Waals surface area (Å²) >= 11 is 0. The molecule has 0 aromatic heterocycles. The first-order chi connectivity index (χ1) is 6.36. The molecule has 0 saturated heterocycles. The molecule has 1 N–H and O–H groups in total. The van der Waals surface area contributed by atoms with E-state index in [2.05, 4.69) is 31.2 Å². The summed E-state index contributed by atoms with van der Waals surface area (Å²) < 4.78 is 0. The highest BCUT2D eigenvalue weighted by atomic mass is 33.1. The Morgan fingerprint density at radius 3 is 2.46 bits per heavy atom. The van der Waals surface area contributed by atoms with Crippen LogP contribution in [0.15, 0.2) is 29.2 Å². The molecule has 3 heteroatoms. The smallest absolute Gasteiger partial charge is 0.0530 e. The van der Waals surface area contributed by atoms with E-state index in [9.17, 15) is 0 Å². The van der Waals surface area contributed by atoms with Gasteiger partial charge in [-0.2, -0.15) is 0 Å². The molecule has 1 rings (SSSR count). The van der Waals surface area contributed by atoms with Crippen LogP contribution in [0.2, 0.25) is 0 Å². The minimum Gasteiger partial charge on any atom is -0.395 e. The molecule has 0 amide bonds. The van der Waals surface area contributed by atoms with Crippen LogP contribution in [-0.4, -0.2) is 17.5 Å². The molecule has 0 saturated carbocycles. The fourth-order valence-electron chi connectivity index (χ4n) is 0.928. The van der Waals surface area contributed by atoms with Gasteiger partial charge in [-0.1, -0.05) is 40.6 Å². The predicted octanol–water partition coefficient (Wildman–Crippen LogP) is 2.98. The van der Waals surface area contributed by atoms with Crippen LogP contribution >= 0.6 is 21.6 Å². The molecule has 0 spiro atoms. The lowest BCUT2D eigenvalue weighted by molar-refractivity contribution is 0.323. The maximum atomic E-state index is 8.59. The third-order valence-electron chi connectivity index (χ3n) is 1.66. The summed E-state index contributed by atoms with van der Waals surface area (Å²) in [5.41, 5.74) is 1.37. The Kier molecular flexibility index (Phi) is 5.35. The van der Waals surface area contributed by atoms with Gasteiger partial charge in [-0.15, -0.1) is 0 Å². The number of aliphatic hydroxyl groups is 1. The van der Waals surface area contributed by atoms with Crippen LogP contribution < -0.4 is 0 Å². The molecule has 0 atom stereocenters. The Balaban J connectivity index is 2.40. The van der Waals surface area contributed by atoms with Crippen molar-refractivity contribution in [3.05, 3.63) is 29.8 Å². The first kappa shape index (κ1) is 11.0. The van der Waals surface area contributed by atoms with E-state index in [1.54, 1.807) is 21.6 Å². The van der Waals surface area contributed by atoms with Crippen LogP contribution in [0.4, 0.5) is 0 Å². The van der Waals surface area contributed by atoms with Gasteiger partial charge in [0, 0.05) is 10.6 Å². The summed E-state index contributed by atoms with van der Waals surface area (Å²) in [5, 5.41) is 8.59. The molecule has 0 unspecified atom stereocenters. The molecule has 0 aliphatic heterocycles. The summed E-state index contributed by atoms with van der Waals surface area (Å²) in [7, 11) is 3.41. The SMILES string of the molecule is CCc1ccc(SSCCO)cc1. The van der Waals surface area contributed by atoms with Crippen molar-refractivity contribution in [3.8, 4) is 0 Å². The molecule has 0 fully saturated rings. The van der Waals surface area contributed by atoms with E-state index in [-0.39, 0.29) is 6.61 Å². The summed E-state index contributed by atoms with van der Waals surface area (Å²) in [4.78, 5) is 1.26. The maximum absolute atomic E-state index is 8.59. The Labute approximate surface area is 87.3 Å². The number of hydrogen-bond acceptors (Lipinski definition) is 3. The third kappa shape index (κ3) is 4.07. The van der Waals surface area contributed by atoms with Gasteiger partial charge in [0.1, 0.15) is 0 Å². The topological polar surface area (TPSA) is 20.2 Å². The Bertz CT molecular complexity index is 233. The average molecular weight is 214 g/mol. The lowest BCUT2D eigenvalue weighted by Crippen LogP contribution is -1.82. The molecule has 1 aromatic carbocycles. The van der Waals surface area contributed by atoms with E-state index in [1.807, 2.05) is 0 Å². The van der Waals surface area contributed by atoms with Crippen molar-refractivity contribution in [2.24, 2.45) is 0 Å². The van der Waals surface area contributed by atoms with Crippen LogP contribution in [0.1, 0.15) is 12.5 Å². The van der Waals surface area contributed by atoms with Gasteiger partial charge in [-0.25, -0.2) is 0 Å². The lowest BCUT2D eigenvalue weighted by Gasteiger charge is -2.00. The van der Waals surface area contributed by atoms with Crippen molar-refractivity contribution in [2.75, 3.05) is 12.4 Å². The second-order valence-electron chi connectivity index (χ2n) is 2.63. The minimum absolute atomic E-state index is 0.255. The van der Waals surface area contributed by atoms with Gasteiger partial charge in [0.25, 0.3) is 0 Å². The summed E-state index contributed by atoms with van der Waals surface area (Å²) in [5.74, 6) is 0.792. The van der Waals surface area contributed by atoms with Crippen LogP contribution in [0, 0.1) is 0 Å². The molecular formula is C10H14OS2. The van der Waals surface area contributed by atoms with Gasteiger partial charge >= 0.3 is 0 Å². The third-order valence-corrected chi connectivity index (χ3v) is 4.02. The standard InChI is InChI=1S/C10H14OS2/c1-2-9-3-5-10(6-4-9)13-12-8-7-11/h3-6,11H,2,7-8H2,1H3. The zero-order valence-corrected chi connectivity index (χ0v) is 9.33.